The highest BCUT2D eigenvalue weighted by Crippen LogP contribution is 2.30. The molecule has 0 fully saturated rings. The Morgan fingerprint density at radius 2 is 2.15 bits per heavy atom. The number of aromatic nitrogens is 1. The van der Waals surface area contributed by atoms with Gasteiger partial charge in [0.2, 0.25) is 0 Å². The number of rotatable bonds is 5. The predicted octanol–water partition coefficient (Wildman–Crippen LogP) is 1.99. The minimum Gasteiger partial charge on any atom is -0.409 e. The lowest BCUT2D eigenvalue weighted by Crippen LogP contribution is -2.27. The average molecular weight is 308 g/mol. The van der Waals surface area contributed by atoms with Crippen LogP contribution in [0.2, 0.25) is 0 Å². The Morgan fingerprint density at radius 1 is 1.50 bits per heavy atom. The number of nitrogens with two attached hydrogens (primary N) is 1. The first kappa shape index (κ1) is 16.4. The molecule has 0 atom stereocenters. The number of anilines is 1. The molecule has 0 saturated carbocycles. The predicted molar refractivity (Wildman–Crippen MR) is 73.4 cm³/mol. The molecule has 1 aromatic heterocycles. The van der Waals surface area contributed by atoms with Gasteiger partial charge in [0.1, 0.15) is 11.5 Å². The average Bonchev–Trinajstić information content (AvgIpc) is 2.42. The van der Waals surface area contributed by atoms with Gasteiger partial charge in [-0.1, -0.05) is 5.16 Å². The van der Waals surface area contributed by atoms with E-state index in [2.05, 4.69) is 10.1 Å². The molecular weight excluding hydrogens is 293 g/mol. The van der Waals surface area contributed by atoms with Gasteiger partial charge in [-0.15, -0.1) is 0 Å². The molecule has 0 aliphatic heterocycles. The zero-order valence-electron chi connectivity index (χ0n) is 11.0. The summed E-state index contributed by atoms with van der Waals surface area (Å²) in [5, 5.41) is 11.5. The number of nitrogens with zero attached hydrogens (tertiary/aromatic N) is 3. The van der Waals surface area contributed by atoms with E-state index in [0.717, 1.165) is 12.1 Å². The highest BCUT2D eigenvalue weighted by molar-refractivity contribution is 7.98. The van der Waals surface area contributed by atoms with Crippen LogP contribution in [0.15, 0.2) is 17.3 Å². The summed E-state index contributed by atoms with van der Waals surface area (Å²) in [4.78, 5) is 5.13. The van der Waals surface area contributed by atoms with Gasteiger partial charge in [-0.2, -0.15) is 24.9 Å². The van der Waals surface area contributed by atoms with E-state index < -0.39 is 11.9 Å². The number of alkyl halides is 3. The van der Waals surface area contributed by atoms with Crippen molar-refractivity contribution in [1.29, 1.82) is 0 Å². The number of amidine groups is 1. The van der Waals surface area contributed by atoms with Crippen LogP contribution in [-0.4, -0.2) is 41.6 Å². The molecule has 0 aliphatic carbocycles. The van der Waals surface area contributed by atoms with E-state index in [0.29, 0.717) is 12.3 Å². The summed E-state index contributed by atoms with van der Waals surface area (Å²) in [6.07, 6.45) is -2.66. The van der Waals surface area contributed by atoms with E-state index in [4.69, 9.17) is 10.9 Å². The second kappa shape index (κ2) is 6.69. The molecule has 5 nitrogen and oxygen atoms in total. The van der Waals surface area contributed by atoms with E-state index in [-0.39, 0.29) is 17.2 Å². The van der Waals surface area contributed by atoms with Crippen LogP contribution in [0.4, 0.5) is 19.0 Å². The van der Waals surface area contributed by atoms with Crippen molar-refractivity contribution in [3.8, 4) is 0 Å². The maximum atomic E-state index is 12.7. The zero-order valence-corrected chi connectivity index (χ0v) is 11.8. The fourth-order valence-corrected chi connectivity index (χ4v) is 1.94. The highest BCUT2D eigenvalue weighted by Gasteiger charge is 2.33. The van der Waals surface area contributed by atoms with Gasteiger partial charge in [0.05, 0.1) is 5.56 Å². The Morgan fingerprint density at radius 3 is 2.65 bits per heavy atom. The summed E-state index contributed by atoms with van der Waals surface area (Å²) in [6, 6.07) is 1.95. The number of hydrogen-bond acceptors (Lipinski definition) is 5. The quantitative estimate of drug-likeness (QED) is 0.377. The summed E-state index contributed by atoms with van der Waals surface area (Å²) in [5.74, 6) is 0.464. The highest BCUT2D eigenvalue weighted by atomic mass is 32.2. The lowest BCUT2D eigenvalue weighted by molar-refractivity contribution is -0.141. The minimum absolute atomic E-state index is 0.0316. The van der Waals surface area contributed by atoms with Gasteiger partial charge in [0.15, 0.2) is 5.84 Å². The second-order valence-electron chi connectivity index (χ2n) is 3.97. The summed E-state index contributed by atoms with van der Waals surface area (Å²) in [7, 11) is 1.60. The van der Waals surface area contributed by atoms with E-state index in [1.54, 1.807) is 23.7 Å². The SMILES string of the molecule is CSCCN(C)c1nc(C(F)(F)F)ccc1/C(N)=N/O. The Labute approximate surface area is 118 Å². The fraction of sp³-hybridized carbons (Fsp3) is 0.455. The molecule has 0 radical (unpaired) electrons. The van der Waals surface area contributed by atoms with Gasteiger partial charge in [0, 0.05) is 19.3 Å². The first-order chi connectivity index (χ1) is 9.31. The van der Waals surface area contributed by atoms with Crippen LogP contribution in [0.25, 0.3) is 0 Å². The minimum atomic E-state index is -4.54. The normalized spacial score (nSPS) is 12.6. The van der Waals surface area contributed by atoms with Crippen LogP contribution in [0.1, 0.15) is 11.3 Å². The van der Waals surface area contributed by atoms with E-state index in [1.165, 1.54) is 0 Å². The number of pyridine rings is 1. The Bertz CT molecular complexity index is 493. The summed E-state index contributed by atoms with van der Waals surface area (Å²) in [6.45, 7) is 0.487. The zero-order chi connectivity index (χ0) is 15.3. The van der Waals surface area contributed by atoms with Crippen molar-refractivity contribution in [3.63, 3.8) is 0 Å². The number of halogens is 3. The molecule has 9 heteroatoms. The van der Waals surface area contributed by atoms with Gasteiger partial charge in [-0.25, -0.2) is 4.98 Å². The molecule has 3 N–H and O–H groups in total. The Hall–Kier alpha value is -1.64. The molecule has 0 spiro atoms. The third kappa shape index (κ3) is 3.92. The van der Waals surface area contributed by atoms with Crippen molar-refractivity contribution >= 4 is 23.4 Å². The van der Waals surface area contributed by atoms with E-state index in [1.807, 2.05) is 6.26 Å². The largest absolute Gasteiger partial charge is 0.433 e. The van der Waals surface area contributed by atoms with Gasteiger partial charge >= 0.3 is 6.18 Å². The topological polar surface area (TPSA) is 74.7 Å². The van der Waals surface area contributed by atoms with Crippen molar-refractivity contribution in [1.82, 2.24) is 4.98 Å². The van der Waals surface area contributed by atoms with Crippen molar-refractivity contribution in [2.45, 2.75) is 6.18 Å². The number of thioether (sulfide) groups is 1. The Balaban J connectivity index is 3.26. The van der Waals surface area contributed by atoms with Gasteiger partial charge < -0.3 is 15.8 Å². The smallest absolute Gasteiger partial charge is 0.409 e. The van der Waals surface area contributed by atoms with Crippen LogP contribution in [0, 0.1) is 0 Å². The molecular formula is C11H15F3N4OS. The lowest BCUT2D eigenvalue weighted by Gasteiger charge is -2.21. The lowest BCUT2D eigenvalue weighted by atomic mass is 10.2. The second-order valence-corrected chi connectivity index (χ2v) is 4.95. The fourth-order valence-electron chi connectivity index (χ4n) is 1.49. The number of hydrogen-bond donors (Lipinski definition) is 2. The van der Waals surface area contributed by atoms with E-state index >= 15 is 0 Å². The molecule has 0 aromatic carbocycles. The van der Waals surface area contributed by atoms with Crippen LogP contribution in [0.3, 0.4) is 0 Å². The molecule has 0 saturated heterocycles. The maximum Gasteiger partial charge on any atom is 0.433 e. The van der Waals surface area contributed by atoms with E-state index in [9.17, 15) is 13.2 Å². The third-order valence-electron chi connectivity index (χ3n) is 2.54. The molecule has 0 unspecified atom stereocenters. The molecule has 0 aliphatic rings. The van der Waals surface area contributed by atoms with Crippen molar-refractivity contribution in [2.24, 2.45) is 10.9 Å². The van der Waals surface area contributed by atoms with Crippen molar-refractivity contribution in [3.05, 3.63) is 23.4 Å². The van der Waals surface area contributed by atoms with Gasteiger partial charge in [-0.05, 0) is 18.4 Å². The maximum absolute atomic E-state index is 12.7. The van der Waals surface area contributed by atoms with Crippen molar-refractivity contribution < 1.29 is 18.4 Å². The third-order valence-corrected chi connectivity index (χ3v) is 3.13. The molecule has 0 bridgehead atoms. The summed E-state index contributed by atoms with van der Waals surface area (Å²) in [5.41, 5.74) is 4.61. The van der Waals surface area contributed by atoms with Crippen LogP contribution in [-0.2, 0) is 6.18 Å². The van der Waals surface area contributed by atoms with Gasteiger partial charge in [-0.3, -0.25) is 0 Å². The summed E-state index contributed by atoms with van der Waals surface area (Å²) >= 11 is 1.55. The molecule has 1 rings (SSSR count). The number of oxime groups is 1. The van der Waals surface area contributed by atoms with Crippen LogP contribution in [0.5, 0.6) is 0 Å². The monoisotopic (exact) mass is 308 g/mol. The molecule has 1 aromatic rings. The standard InChI is InChI=1S/C11H15F3N4OS/c1-18(5-6-20-2)10-7(9(15)17-19)3-4-8(16-10)11(12,13)14/h3-4,19H,5-6H2,1-2H3,(H2,15,17). The van der Waals surface area contributed by atoms with Crippen molar-refractivity contribution in [2.75, 3.05) is 30.5 Å². The van der Waals surface area contributed by atoms with Crippen LogP contribution >= 0.6 is 11.8 Å². The molecule has 1 heterocycles. The van der Waals surface area contributed by atoms with Gasteiger partial charge in [0.25, 0.3) is 0 Å². The molecule has 0 amide bonds. The summed E-state index contributed by atoms with van der Waals surface area (Å²) < 4.78 is 38.1. The van der Waals surface area contributed by atoms with Crippen LogP contribution < -0.4 is 10.6 Å². The first-order valence-corrected chi connectivity index (χ1v) is 6.96. The molecule has 112 valence electrons. The first-order valence-electron chi connectivity index (χ1n) is 5.57. The molecule has 20 heavy (non-hydrogen) atoms. The Kier molecular flexibility index (Phi) is 5.49.